The summed E-state index contributed by atoms with van der Waals surface area (Å²) in [5, 5.41) is 4.19. The van der Waals surface area contributed by atoms with Crippen molar-refractivity contribution in [3.8, 4) is 0 Å². The lowest BCUT2D eigenvalue weighted by molar-refractivity contribution is 0.0827. The van der Waals surface area contributed by atoms with Gasteiger partial charge in [-0.1, -0.05) is 24.9 Å². The van der Waals surface area contributed by atoms with Crippen molar-refractivity contribution < 1.29 is 4.79 Å². The molecule has 2 atom stereocenters. The molecule has 2 unspecified atom stereocenters. The zero-order valence-electron chi connectivity index (χ0n) is 12.4. The summed E-state index contributed by atoms with van der Waals surface area (Å²) in [6.07, 6.45) is 4.90. The molecule has 0 radical (unpaired) electrons. The van der Waals surface area contributed by atoms with E-state index in [4.69, 9.17) is 11.6 Å². The summed E-state index contributed by atoms with van der Waals surface area (Å²) in [4.78, 5) is 13.6. The number of benzene rings is 1. The lowest BCUT2D eigenvalue weighted by Gasteiger charge is -2.17. The van der Waals surface area contributed by atoms with Crippen molar-refractivity contribution in [3.05, 3.63) is 28.8 Å². The number of nitrogens with one attached hydrogen (secondary N) is 1. The molecule has 0 aromatic heterocycles. The van der Waals surface area contributed by atoms with Crippen LogP contribution < -0.4 is 5.32 Å². The molecule has 1 aromatic carbocycles. The Labute approximate surface area is 126 Å². The van der Waals surface area contributed by atoms with Crippen molar-refractivity contribution in [2.45, 2.75) is 38.6 Å². The SMILES string of the molecule is CCC1CCC(Nc2cc(C(=O)N(C)C)ccc2Cl)C1. The maximum Gasteiger partial charge on any atom is 0.253 e. The zero-order chi connectivity index (χ0) is 14.7. The summed E-state index contributed by atoms with van der Waals surface area (Å²) in [7, 11) is 3.51. The molecule has 3 nitrogen and oxygen atoms in total. The third-order valence-corrected chi connectivity index (χ3v) is 4.43. The van der Waals surface area contributed by atoms with Crippen molar-refractivity contribution in [2.75, 3.05) is 19.4 Å². The second-order valence-corrected chi connectivity index (χ2v) is 6.23. The molecule has 0 saturated heterocycles. The van der Waals surface area contributed by atoms with Gasteiger partial charge in [0.2, 0.25) is 0 Å². The van der Waals surface area contributed by atoms with E-state index in [2.05, 4.69) is 12.2 Å². The predicted molar refractivity (Wildman–Crippen MR) is 84.5 cm³/mol. The van der Waals surface area contributed by atoms with Crippen LogP contribution >= 0.6 is 11.6 Å². The predicted octanol–water partition coefficient (Wildman–Crippen LogP) is 4.03. The lowest BCUT2D eigenvalue weighted by Crippen LogP contribution is -2.22. The Bertz CT molecular complexity index is 487. The molecule has 1 aliphatic rings. The van der Waals surface area contributed by atoms with Crippen molar-refractivity contribution in [2.24, 2.45) is 5.92 Å². The van der Waals surface area contributed by atoms with Gasteiger partial charge in [0.15, 0.2) is 0 Å². The average molecular weight is 295 g/mol. The number of rotatable bonds is 4. The van der Waals surface area contributed by atoms with E-state index in [-0.39, 0.29) is 5.91 Å². The average Bonchev–Trinajstić information content (AvgIpc) is 2.88. The Morgan fingerprint density at radius 3 is 2.75 bits per heavy atom. The van der Waals surface area contributed by atoms with Gasteiger partial charge in [-0.2, -0.15) is 0 Å². The van der Waals surface area contributed by atoms with E-state index in [1.165, 1.54) is 25.7 Å². The molecular formula is C16H23ClN2O. The van der Waals surface area contributed by atoms with E-state index in [0.29, 0.717) is 16.6 Å². The highest BCUT2D eigenvalue weighted by Gasteiger charge is 2.23. The van der Waals surface area contributed by atoms with Crippen LogP contribution in [0.15, 0.2) is 18.2 Å². The lowest BCUT2D eigenvalue weighted by atomic mass is 10.1. The molecular weight excluding hydrogens is 272 g/mol. The molecule has 0 spiro atoms. The van der Waals surface area contributed by atoms with E-state index in [9.17, 15) is 4.79 Å². The molecule has 1 saturated carbocycles. The molecule has 4 heteroatoms. The minimum Gasteiger partial charge on any atom is -0.381 e. The van der Waals surface area contributed by atoms with Crippen molar-refractivity contribution in [3.63, 3.8) is 0 Å². The van der Waals surface area contributed by atoms with Crippen LogP contribution in [-0.4, -0.2) is 30.9 Å². The number of amides is 1. The molecule has 1 fully saturated rings. The molecule has 2 rings (SSSR count). The van der Waals surface area contributed by atoms with Crippen LogP contribution in [0.5, 0.6) is 0 Å². The van der Waals surface area contributed by atoms with Gasteiger partial charge >= 0.3 is 0 Å². The Balaban J connectivity index is 2.11. The van der Waals surface area contributed by atoms with Crippen LogP contribution in [0.2, 0.25) is 5.02 Å². The Kier molecular flexibility index (Phi) is 4.92. The number of halogens is 1. The molecule has 1 aromatic rings. The van der Waals surface area contributed by atoms with Crippen LogP contribution in [0.3, 0.4) is 0 Å². The Hall–Kier alpha value is -1.22. The molecule has 1 aliphatic carbocycles. The number of hydrogen-bond acceptors (Lipinski definition) is 2. The fourth-order valence-corrected chi connectivity index (χ4v) is 3.00. The first kappa shape index (κ1) is 15.2. The molecule has 0 heterocycles. The van der Waals surface area contributed by atoms with Gasteiger partial charge in [0.25, 0.3) is 5.91 Å². The first-order chi connectivity index (χ1) is 9.51. The highest BCUT2D eigenvalue weighted by Crippen LogP contribution is 2.32. The fraction of sp³-hybridized carbons (Fsp3) is 0.562. The molecule has 0 aliphatic heterocycles. The first-order valence-corrected chi connectivity index (χ1v) is 7.66. The van der Waals surface area contributed by atoms with Crippen LogP contribution in [0.1, 0.15) is 43.0 Å². The van der Waals surface area contributed by atoms with E-state index in [1.54, 1.807) is 31.1 Å². The second-order valence-electron chi connectivity index (χ2n) is 5.82. The number of carbonyl (C=O) groups excluding carboxylic acids is 1. The summed E-state index contributed by atoms with van der Waals surface area (Å²) in [5.74, 6) is 0.820. The minimum absolute atomic E-state index is 0.00238. The standard InChI is InChI=1S/C16H23ClN2O/c1-4-11-5-7-13(9-11)18-15-10-12(6-8-14(15)17)16(20)19(2)3/h6,8,10-11,13,18H,4-5,7,9H2,1-3H3. The van der Waals surface area contributed by atoms with Gasteiger partial charge in [-0.3, -0.25) is 4.79 Å². The van der Waals surface area contributed by atoms with Gasteiger partial charge in [-0.15, -0.1) is 0 Å². The van der Waals surface area contributed by atoms with Gasteiger partial charge in [-0.05, 0) is 43.4 Å². The topological polar surface area (TPSA) is 32.3 Å². The molecule has 1 N–H and O–H groups in total. The second kappa shape index (κ2) is 6.49. The highest BCUT2D eigenvalue weighted by molar-refractivity contribution is 6.33. The fourth-order valence-electron chi connectivity index (χ4n) is 2.82. The molecule has 0 bridgehead atoms. The van der Waals surface area contributed by atoms with E-state index in [1.807, 2.05) is 6.07 Å². The summed E-state index contributed by atoms with van der Waals surface area (Å²) in [6, 6.07) is 5.91. The van der Waals surface area contributed by atoms with Crippen LogP contribution in [0, 0.1) is 5.92 Å². The first-order valence-electron chi connectivity index (χ1n) is 7.29. The number of nitrogens with zero attached hydrogens (tertiary/aromatic N) is 1. The normalized spacial score (nSPS) is 21.8. The maximum absolute atomic E-state index is 12.0. The van der Waals surface area contributed by atoms with E-state index in [0.717, 1.165) is 11.6 Å². The quantitative estimate of drug-likeness (QED) is 0.909. The summed E-state index contributed by atoms with van der Waals surface area (Å²) in [6.45, 7) is 2.25. The Morgan fingerprint density at radius 1 is 1.40 bits per heavy atom. The van der Waals surface area contributed by atoms with Crippen molar-refractivity contribution in [1.29, 1.82) is 0 Å². The largest absolute Gasteiger partial charge is 0.381 e. The van der Waals surface area contributed by atoms with Crippen LogP contribution in [0.4, 0.5) is 5.69 Å². The van der Waals surface area contributed by atoms with Crippen molar-refractivity contribution >= 4 is 23.2 Å². The number of carbonyl (C=O) groups is 1. The summed E-state index contributed by atoms with van der Waals surface area (Å²) < 4.78 is 0. The van der Waals surface area contributed by atoms with Crippen LogP contribution in [0.25, 0.3) is 0 Å². The third kappa shape index (κ3) is 3.45. The monoisotopic (exact) mass is 294 g/mol. The van der Waals surface area contributed by atoms with E-state index < -0.39 is 0 Å². The zero-order valence-corrected chi connectivity index (χ0v) is 13.2. The van der Waals surface area contributed by atoms with Crippen LogP contribution in [-0.2, 0) is 0 Å². The number of hydrogen-bond donors (Lipinski definition) is 1. The van der Waals surface area contributed by atoms with Gasteiger partial charge in [0.1, 0.15) is 0 Å². The summed E-state index contributed by atoms with van der Waals surface area (Å²) >= 11 is 6.24. The van der Waals surface area contributed by atoms with E-state index >= 15 is 0 Å². The van der Waals surface area contributed by atoms with Gasteiger partial charge in [0, 0.05) is 25.7 Å². The van der Waals surface area contributed by atoms with Gasteiger partial charge < -0.3 is 10.2 Å². The maximum atomic E-state index is 12.0. The van der Waals surface area contributed by atoms with Crippen molar-refractivity contribution in [1.82, 2.24) is 4.90 Å². The Morgan fingerprint density at radius 2 is 2.15 bits per heavy atom. The molecule has 110 valence electrons. The molecule has 20 heavy (non-hydrogen) atoms. The van der Waals surface area contributed by atoms with Gasteiger partial charge in [-0.25, -0.2) is 0 Å². The third-order valence-electron chi connectivity index (χ3n) is 4.10. The number of anilines is 1. The van der Waals surface area contributed by atoms with Gasteiger partial charge in [0.05, 0.1) is 10.7 Å². The minimum atomic E-state index is 0.00238. The highest BCUT2D eigenvalue weighted by atomic mass is 35.5. The smallest absolute Gasteiger partial charge is 0.253 e. The molecule has 1 amide bonds. The summed E-state index contributed by atoms with van der Waals surface area (Å²) in [5.41, 5.74) is 1.55.